The van der Waals surface area contributed by atoms with E-state index in [2.05, 4.69) is 85.6 Å². The van der Waals surface area contributed by atoms with Crippen LogP contribution in [0.15, 0.2) is 78.9 Å². The van der Waals surface area contributed by atoms with E-state index in [1.807, 2.05) is 24.3 Å². The number of anilines is 2. The topological polar surface area (TPSA) is 17.0 Å². The SMILES string of the molecule is Clc1ccccc1Nc1ccc2c3cc4ccccc4cc3n(I)c2c1. The summed E-state index contributed by atoms with van der Waals surface area (Å²) in [6, 6.07) is 27.3. The monoisotopic (exact) mass is 468 g/mol. The molecule has 0 aliphatic heterocycles. The van der Waals surface area contributed by atoms with Crippen molar-refractivity contribution in [2.45, 2.75) is 0 Å². The van der Waals surface area contributed by atoms with Crippen LogP contribution in [0.3, 0.4) is 0 Å². The first-order valence-electron chi connectivity index (χ1n) is 8.35. The Morgan fingerprint density at radius 2 is 1.42 bits per heavy atom. The molecule has 26 heavy (non-hydrogen) atoms. The number of fused-ring (bicyclic) bond motifs is 4. The number of rotatable bonds is 2. The zero-order valence-electron chi connectivity index (χ0n) is 13.7. The van der Waals surface area contributed by atoms with E-state index < -0.39 is 0 Å². The molecule has 2 nitrogen and oxygen atoms in total. The van der Waals surface area contributed by atoms with E-state index in [1.165, 1.54) is 32.6 Å². The number of aromatic nitrogens is 1. The minimum Gasteiger partial charge on any atom is -0.354 e. The second kappa shape index (κ2) is 6.18. The van der Waals surface area contributed by atoms with Gasteiger partial charge in [0.25, 0.3) is 0 Å². The summed E-state index contributed by atoms with van der Waals surface area (Å²) < 4.78 is 2.23. The first-order valence-corrected chi connectivity index (χ1v) is 9.70. The highest BCUT2D eigenvalue weighted by molar-refractivity contribution is 14.1. The van der Waals surface area contributed by atoms with Crippen LogP contribution in [0.1, 0.15) is 0 Å². The zero-order chi connectivity index (χ0) is 17.7. The molecule has 0 saturated carbocycles. The molecule has 1 aromatic heterocycles. The lowest BCUT2D eigenvalue weighted by atomic mass is 10.1. The van der Waals surface area contributed by atoms with Crippen LogP contribution in [-0.4, -0.2) is 2.78 Å². The van der Waals surface area contributed by atoms with Crippen molar-refractivity contribution in [3.63, 3.8) is 0 Å². The highest BCUT2D eigenvalue weighted by Gasteiger charge is 2.11. The van der Waals surface area contributed by atoms with Crippen LogP contribution in [0.5, 0.6) is 0 Å². The number of nitrogens with one attached hydrogen (secondary N) is 1. The number of halogens is 2. The van der Waals surface area contributed by atoms with Gasteiger partial charge in [0, 0.05) is 16.5 Å². The molecule has 0 bridgehead atoms. The Labute approximate surface area is 169 Å². The van der Waals surface area contributed by atoms with Gasteiger partial charge in [-0.05, 0) is 47.2 Å². The Bertz CT molecular complexity index is 1290. The molecule has 0 radical (unpaired) electrons. The number of nitrogens with zero attached hydrogens (tertiary/aromatic N) is 1. The van der Waals surface area contributed by atoms with Crippen molar-refractivity contribution >= 4 is 78.4 Å². The Balaban J connectivity index is 1.71. The molecule has 0 spiro atoms. The maximum Gasteiger partial charge on any atom is 0.0646 e. The number of hydrogen-bond donors (Lipinski definition) is 1. The summed E-state index contributed by atoms with van der Waals surface area (Å²) in [5, 5.41) is 9.19. The molecule has 5 rings (SSSR count). The van der Waals surface area contributed by atoms with Crippen molar-refractivity contribution in [2.75, 3.05) is 5.32 Å². The van der Waals surface area contributed by atoms with Crippen molar-refractivity contribution in [3.05, 3.63) is 83.9 Å². The maximum absolute atomic E-state index is 6.28. The molecule has 0 unspecified atom stereocenters. The molecule has 0 fully saturated rings. The zero-order valence-corrected chi connectivity index (χ0v) is 16.6. The molecule has 0 saturated heterocycles. The third-order valence-corrected chi connectivity index (χ3v) is 6.10. The molecule has 1 N–H and O–H groups in total. The van der Waals surface area contributed by atoms with Gasteiger partial charge in [-0.3, -0.25) is 2.78 Å². The van der Waals surface area contributed by atoms with E-state index >= 15 is 0 Å². The molecular weight excluding hydrogens is 455 g/mol. The summed E-state index contributed by atoms with van der Waals surface area (Å²) in [6.45, 7) is 0. The molecular formula is C22H14ClIN2. The van der Waals surface area contributed by atoms with Crippen LogP contribution in [0.4, 0.5) is 11.4 Å². The van der Waals surface area contributed by atoms with Gasteiger partial charge >= 0.3 is 0 Å². The molecule has 0 atom stereocenters. The first kappa shape index (κ1) is 16.0. The van der Waals surface area contributed by atoms with Crippen LogP contribution in [0, 0.1) is 0 Å². The standard InChI is InChI=1S/C22H14ClIN2/c23-19-7-3-4-8-20(19)25-16-9-10-17-18-11-14-5-1-2-6-15(14)12-21(18)26(24)22(17)13-16/h1-13,25H. The van der Waals surface area contributed by atoms with Gasteiger partial charge in [0.1, 0.15) is 0 Å². The van der Waals surface area contributed by atoms with Gasteiger partial charge in [0.2, 0.25) is 0 Å². The fourth-order valence-corrected chi connectivity index (χ4v) is 4.44. The number of hydrogen-bond acceptors (Lipinski definition) is 1. The van der Waals surface area contributed by atoms with E-state index in [1.54, 1.807) is 0 Å². The summed E-state index contributed by atoms with van der Waals surface area (Å²) >= 11 is 8.66. The molecule has 4 heteroatoms. The Morgan fingerprint density at radius 1 is 0.731 bits per heavy atom. The van der Waals surface area contributed by atoms with Crippen molar-refractivity contribution < 1.29 is 0 Å². The second-order valence-corrected chi connectivity index (χ2v) is 7.71. The van der Waals surface area contributed by atoms with Gasteiger partial charge in [0.15, 0.2) is 0 Å². The van der Waals surface area contributed by atoms with Crippen LogP contribution in [-0.2, 0) is 0 Å². The average molecular weight is 469 g/mol. The predicted octanol–water partition coefficient (Wildman–Crippen LogP) is 7.54. The van der Waals surface area contributed by atoms with Gasteiger partial charge in [-0.2, -0.15) is 0 Å². The lowest BCUT2D eigenvalue weighted by Gasteiger charge is -2.08. The highest BCUT2D eigenvalue weighted by Crippen LogP contribution is 2.36. The Morgan fingerprint density at radius 3 is 2.23 bits per heavy atom. The van der Waals surface area contributed by atoms with Gasteiger partial charge in [0.05, 0.1) is 44.6 Å². The second-order valence-electron chi connectivity index (χ2n) is 6.33. The predicted molar refractivity (Wildman–Crippen MR) is 121 cm³/mol. The van der Waals surface area contributed by atoms with Gasteiger partial charge in [-0.25, -0.2) is 0 Å². The van der Waals surface area contributed by atoms with E-state index in [0.29, 0.717) is 5.02 Å². The summed E-state index contributed by atoms with van der Waals surface area (Å²) in [6.07, 6.45) is 0. The minimum absolute atomic E-state index is 0.717. The third-order valence-electron chi connectivity index (χ3n) is 4.73. The van der Waals surface area contributed by atoms with Crippen LogP contribution in [0.25, 0.3) is 32.6 Å². The van der Waals surface area contributed by atoms with Crippen molar-refractivity contribution in [3.8, 4) is 0 Å². The molecule has 126 valence electrons. The molecule has 5 aromatic rings. The fourth-order valence-electron chi connectivity index (χ4n) is 3.45. The van der Waals surface area contributed by atoms with Crippen molar-refractivity contribution in [1.82, 2.24) is 2.78 Å². The van der Waals surface area contributed by atoms with E-state index in [-0.39, 0.29) is 0 Å². The van der Waals surface area contributed by atoms with Crippen LogP contribution < -0.4 is 5.32 Å². The smallest absolute Gasteiger partial charge is 0.0646 e. The van der Waals surface area contributed by atoms with Crippen LogP contribution >= 0.6 is 34.5 Å². The lowest BCUT2D eigenvalue weighted by Crippen LogP contribution is -1.91. The fraction of sp³-hybridized carbons (Fsp3) is 0. The highest BCUT2D eigenvalue weighted by atomic mass is 127. The quantitative estimate of drug-likeness (QED) is 0.265. The normalized spacial score (nSPS) is 11.5. The van der Waals surface area contributed by atoms with Crippen LogP contribution in [0.2, 0.25) is 5.02 Å². The van der Waals surface area contributed by atoms with E-state index in [0.717, 1.165) is 11.4 Å². The number of para-hydroxylation sites is 1. The molecule has 0 amide bonds. The molecule has 4 aromatic carbocycles. The maximum atomic E-state index is 6.28. The Hall–Kier alpha value is -2.24. The van der Waals surface area contributed by atoms with Crippen molar-refractivity contribution in [2.24, 2.45) is 0 Å². The number of benzene rings is 4. The summed E-state index contributed by atoms with van der Waals surface area (Å²) in [4.78, 5) is 0. The first-order chi connectivity index (χ1) is 12.7. The average Bonchev–Trinajstić information content (AvgIpc) is 2.93. The van der Waals surface area contributed by atoms with Gasteiger partial charge < -0.3 is 5.32 Å². The molecule has 0 aliphatic rings. The largest absolute Gasteiger partial charge is 0.354 e. The summed E-state index contributed by atoms with van der Waals surface area (Å²) in [5.41, 5.74) is 4.36. The summed E-state index contributed by atoms with van der Waals surface area (Å²) in [7, 11) is 0. The Kier molecular flexibility index (Phi) is 3.80. The third kappa shape index (κ3) is 2.54. The summed E-state index contributed by atoms with van der Waals surface area (Å²) in [5.74, 6) is 0. The van der Waals surface area contributed by atoms with Crippen molar-refractivity contribution in [1.29, 1.82) is 0 Å². The van der Waals surface area contributed by atoms with E-state index in [9.17, 15) is 0 Å². The molecule has 0 aliphatic carbocycles. The van der Waals surface area contributed by atoms with E-state index in [4.69, 9.17) is 11.6 Å². The minimum atomic E-state index is 0.717. The van der Waals surface area contributed by atoms with Gasteiger partial charge in [-0.15, -0.1) is 0 Å². The van der Waals surface area contributed by atoms with Gasteiger partial charge in [-0.1, -0.05) is 54.1 Å². The lowest BCUT2D eigenvalue weighted by molar-refractivity contribution is 1.49. The molecule has 1 heterocycles.